The highest BCUT2D eigenvalue weighted by molar-refractivity contribution is 5.53. The molecule has 0 bridgehead atoms. The third-order valence-electron chi connectivity index (χ3n) is 5.57. The van der Waals surface area contributed by atoms with Gasteiger partial charge in [-0.15, -0.1) is 5.92 Å². The van der Waals surface area contributed by atoms with E-state index in [4.69, 9.17) is 10.00 Å². The lowest BCUT2D eigenvalue weighted by Gasteiger charge is -2.47. The van der Waals surface area contributed by atoms with Crippen molar-refractivity contribution in [2.45, 2.75) is 70.8 Å². The van der Waals surface area contributed by atoms with Crippen molar-refractivity contribution in [3.63, 3.8) is 0 Å². The topological polar surface area (TPSA) is 53.2 Å². The third kappa shape index (κ3) is 3.73. The SMILES string of the molecule is CC1=CCC2C(C1)c1c(O)cc(CC#CCCCC#N)cc1OC2(C)C. The van der Waals surface area contributed by atoms with E-state index in [0.717, 1.165) is 42.6 Å². The molecule has 26 heavy (non-hydrogen) atoms. The van der Waals surface area contributed by atoms with E-state index in [1.165, 1.54) is 5.57 Å². The number of ether oxygens (including phenoxy) is 1. The molecule has 0 fully saturated rings. The second kappa shape index (κ2) is 7.46. The average molecular weight is 349 g/mol. The lowest BCUT2D eigenvalue weighted by molar-refractivity contribution is 0.00754. The van der Waals surface area contributed by atoms with Gasteiger partial charge >= 0.3 is 0 Å². The molecule has 3 rings (SSSR count). The predicted octanol–water partition coefficient (Wildman–Crippen LogP) is 5.24. The first-order chi connectivity index (χ1) is 12.4. The van der Waals surface area contributed by atoms with E-state index < -0.39 is 0 Å². The Hall–Kier alpha value is -2.39. The zero-order valence-corrected chi connectivity index (χ0v) is 15.9. The Morgan fingerprint density at radius 1 is 1.27 bits per heavy atom. The van der Waals surface area contributed by atoms with Crippen molar-refractivity contribution in [2.75, 3.05) is 0 Å². The molecule has 3 nitrogen and oxygen atoms in total. The first-order valence-corrected chi connectivity index (χ1v) is 9.45. The Bertz CT molecular complexity index is 817. The number of hydrogen-bond donors (Lipinski definition) is 1. The summed E-state index contributed by atoms with van der Waals surface area (Å²) in [4.78, 5) is 0. The molecule has 0 aromatic heterocycles. The fourth-order valence-corrected chi connectivity index (χ4v) is 4.23. The van der Waals surface area contributed by atoms with Gasteiger partial charge in [0.2, 0.25) is 0 Å². The van der Waals surface area contributed by atoms with E-state index in [9.17, 15) is 5.11 Å². The second-order valence-corrected chi connectivity index (χ2v) is 7.98. The fourth-order valence-electron chi connectivity index (χ4n) is 4.23. The molecule has 2 aliphatic rings. The predicted molar refractivity (Wildman–Crippen MR) is 103 cm³/mol. The first kappa shape index (κ1) is 18.4. The minimum Gasteiger partial charge on any atom is -0.508 e. The zero-order chi connectivity index (χ0) is 18.7. The summed E-state index contributed by atoms with van der Waals surface area (Å²) in [5, 5.41) is 19.3. The molecule has 1 heterocycles. The van der Waals surface area contributed by atoms with Crippen molar-refractivity contribution in [1.29, 1.82) is 5.26 Å². The van der Waals surface area contributed by atoms with E-state index in [1.807, 2.05) is 12.1 Å². The molecule has 1 N–H and O–H groups in total. The van der Waals surface area contributed by atoms with Crippen LogP contribution in [0.5, 0.6) is 11.5 Å². The number of unbranched alkanes of at least 4 members (excludes halogenated alkanes) is 2. The van der Waals surface area contributed by atoms with Crippen molar-refractivity contribution in [1.82, 2.24) is 0 Å². The average Bonchev–Trinajstić information content (AvgIpc) is 2.56. The molecule has 1 aliphatic heterocycles. The highest BCUT2D eigenvalue weighted by Crippen LogP contribution is 2.54. The molecular weight excluding hydrogens is 322 g/mol. The highest BCUT2D eigenvalue weighted by atomic mass is 16.5. The summed E-state index contributed by atoms with van der Waals surface area (Å²) in [7, 11) is 0. The summed E-state index contributed by atoms with van der Waals surface area (Å²) >= 11 is 0. The van der Waals surface area contributed by atoms with Crippen molar-refractivity contribution in [3.8, 4) is 29.4 Å². The van der Waals surface area contributed by atoms with Crippen molar-refractivity contribution in [2.24, 2.45) is 5.92 Å². The van der Waals surface area contributed by atoms with E-state index in [2.05, 4.69) is 44.8 Å². The Balaban J connectivity index is 1.84. The molecule has 3 heteroatoms. The van der Waals surface area contributed by atoms with Crippen molar-refractivity contribution in [3.05, 3.63) is 34.9 Å². The molecule has 0 amide bonds. The molecule has 136 valence electrons. The summed E-state index contributed by atoms with van der Waals surface area (Å²) in [6.45, 7) is 6.48. The monoisotopic (exact) mass is 349 g/mol. The van der Waals surface area contributed by atoms with Gasteiger partial charge in [-0.05, 0) is 57.7 Å². The standard InChI is InChI=1S/C23H27NO2/c1-16-10-11-19-18(13-16)22-20(25)14-17(9-7-5-4-6-8-12-24)15-21(22)26-23(19,2)3/h10,14-15,18-19,25H,4,6,8-9,11,13H2,1-3H3. The summed E-state index contributed by atoms with van der Waals surface area (Å²) < 4.78 is 6.33. The highest BCUT2D eigenvalue weighted by Gasteiger charge is 2.45. The Labute approximate surface area is 156 Å². The molecule has 1 aromatic rings. The lowest BCUT2D eigenvalue weighted by atomic mass is 9.67. The molecule has 1 aromatic carbocycles. The summed E-state index contributed by atoms with van der Waals surface area (Å²) in [6, 6.07) is 6.02. The van der Waals surface area contributed by atoms with E-state index in [-0.39, 0.29) is 5.60 Å². The van der Waals surface area contributed by atoms with Gasteiger partial charge in [-0.3, -0.25) is 0 Å². The smallest absolute Gasteiger partial charge is 0.127 e. The maximum Gasteiger partial charge on any atom is 0.127 e. The van der Waals surface area contributed by atoms with Crippen molar-refractivity contribution >= 4 is 0 Å². The van der Waals surface area contributed by atoms with Crippen LogP contribution >= 0.6 is 0 Å². The number of benzene rings is 1. The molecule has 1 aliphatic carbocycles. The number of phenols is 1. The van der Waals surface area contributed by atoms with Crippen LogP contribution in [0.4, 0.5) is 0 Å². The number of allylic oxidation sites excluding steroid dienone is 2. The van der Waals surface area contributed by atoms with Gasteiger partial charge in [0.15, 0.2) is 0 Å². The van der Waals surface area contributed by atoms with Crippen LogP contribution in [0.2, 0.25) is 0 Å². The molecule has 0 spiro atoms. The zero-order valence-electron chi connectivity index (χ0n) is 15.9. The number of fused-ring (bicyclic) bond motifs is 3. The number of nitrogens with zero attached hydrogens (tertiary/aromatic N) is 1. The summed E-state index contributed by atoms with van der Waals surface area (Å²) in [6.07, 6.45) is 6.98. The lowest BCUT2D eigenvalue weighted by Crippen LogP contribution is -2.45. The third-order valence-corrected chi connectivity index (χ3v) is 5.57. The normalized spacial score (nSPS) is 22.6. The van der Waals surface area contributed by atoms with Crippen LogP contribution < -0.4 is 4.74 Å². The number of phenolic OH excluding ortho intramolecular Hbond substituents is 1. The maximum absolute atomic E-state index is 10.7. The van der Waals surface area contributed by atoms with E-state index in [1.54, 1.807) is 0 Å². The molecule has 0 saturated heterocycles. The van der Waals surface area contributed by atoms with Gasteiger partial charge in [-0.2, -0.15) is 5.26 Å². The fraction of sp³-hybridized carbons (Fsp3) is 0.522. The molecule has 0 radical (unpaired) electrons. The molecule has 0 saturated carbocycles. The quantitative estimate of drug-likeness (QED) is 0.461. The molecule has 2 atom stereocenters. The molecule has 2 unspecified atom stereocenters. The van der Waals surface area contributed by atoms with Gasteiger partial charge in [0, 0.05) is 36.7 Å². The van der Waals surface area contributed by atoms with Gasteiger partial charge in [-0.25, -0.2) is 0 Å². The Kier molecular flexibility index (Phi) is 5.28. The Morgan fingerprint density at radius 3 is 2.85 bits per heavy atom. The number of hydrogen-bond acceptors (Lipinski definition) is 3. The largest absolute Gasteiger partial charge is 0.508 e. The van der Waals surface area contributed by atoms with Gasteiger partial charge in [0.1, 0.15) is 17.1 Å². The van der Waals surface area contributed by atoms with Crippen LogP contribution in [0, 0.1) is 29.1 Å². The number of rotatable bonds is 3. The van der Waals surface area contributed by atoms with Crippen LogP contribution in [0.1, 0.15) is 69.9 Å². The van der Waals surface area contributed by atoms with Crippen LogP contribution in [0.3, 0.4) is 0 Å². The summed E-state index contributed by atoms with van der Waals surface area (Å²) in [5.41, 5.74) is 3.09. The van der Waals surface area contributed by atoms with Gasteiger partial charge < -0.3 is 9.84 Å². The van der Waals surface area contributed by atoms with Crippen LogP contribution in [0.25, 0.3) is 0 Å². The van der Waals surface area contributed by atoms with E-state index in [0.29, 0.717) is 30.4 Å². The first-order valence-electron chi connectivity index (χ1n) is 9.45. The van der Waals surface area contributed by atoms with Gasteiger partial charge in [-0.1, -0.05) is 17.6 Å². The van der Waals surface area contributed by atoms with Crippen LogP contribution in [0.15, 0.2) is 23.8 Å². The van der Waals surface area contributed by atoms with E-state index >= 15 is 0 Å². The summed E-state index contributed by atoms with van der Waals surface area (Å²) in [5.74, 6) is 8.09. The van der Waals surface area contributed by atoms with Crippen LogP contribution in [-0.4, -0.2) is 10.7 Å². The van der Waals surface area contributed by atoms with Crippen molar-refractivity contribution < 1.29 is 9.84 Å². The second-order valence-electron chi connectivity index (χ2n) is 7.98. The number of nitriles is 1. The molecular formula is C23H27NO2. The number of aromatic hydroxyl groups is 1. The van der Waals surface area contributed by atoms with Gasteiger partial charge in [0.25, 0.3) is 0 Å². The maximum atomic E-state index is 10.7. The van der Waals surface area contributed by atoms with Crippen LogP contribution in [-0.2, 0) is 6.42 Å². The minimum absolute atomic E-state index is 0.247. The Morgan fingerprint density at radius 2 is 2.08 bits per heavy atom. The minimum atomic E-state index is -0.247. The van der Waals surface area contributed by atoms with Gasteiger partial charge in [0.05, 0.1) is 6.07 Å².